The number of hydrogen-bond acceptors (Lipinski definition) is 3. The van der Waals surface area contributed by atoms with E-state index >= 15 is 0 Å². The molecular weight excluding hydrogens is 270 g/mol. The van der Waals surface area contributed by atoms with Crippen LogP contribution in [0.25, 0.3) is 0 Å². The van der Waals surface area contributed by atoms with Crippen molar-refractivity contribution in [3.05, 3.63) is 29.8 Å². The number of carboxylic acid groups (broad SMARTS) is 1. The lowest BCUT2D eigenvalue weighted by Gasteiger charge is -2.26. The largest absolute Gasteiger partial charge is 0.484 e. The van der Waals surface area contributed by atoms with Crippen molar-refractivity contribution in [2.75, 3.05) is 13.2 Å². The van der Waals surface area contributed by atoms with Crippen LogP contribution in [0, 0.1) is 12.3 Å². The Morgan fingerprint density at radius 2 is 1.95 bits per heavy atom. The van der Waals surface area contributed by atoms with Crippen LogP contribution >= 0.6 is 0 Å². The van der Waals surface area contributed by atoms with Gasteiger partial charge in [-0.05, 0) is 37.5 Å². The van der Waals surface area contributed by atoms with Crippen LogP contribution < -0.4 is 10.1 Å². The minimum Gasteiger partial charge on any atom is -0.484 e. The summed E-state index contributed by atoms with van der Waals surface area (Å²) in [6.07, 6.45) is 0.940. The molecule has 5 heteroatoms. The first-order valence-corrected chi connectivity index (χ1v) is 7.13. The number of benzene rings is 1. The summed E-state index contributed by atoms with van der Waals surface area (Å²) in [6, 6.07) is 7.41. The van der Waals surface area contributed by atoms with Crippen molar-refractivity contribution in [3.8, 4) is 5.75 Å². The molecular formula is C16H23NO4. The maximum atomic E-state index is 11.8. The fourth-order valence-corrected chi connectivity index (χ4v) is 2.05. The van der Waals surface area contributed by atoms with Crippen LogP contribution in [0.3, 0.4) is 0 Å². The molecule has 1 aromatic carbocycles. The summed E-state index contributed by atoms with van der Waals surface area (Å²) in [5.74, 6) is -0.572. The van der Waals surface area contributed by atoms with E-state index in [4.69, 9.17) is 4.74 Å². The second-order valence-corrected chi connectivity index (χ2v) is 5.17. The molecule has 0 aliphatic carbocycles. The number of hydrogen-bond donors (Lipinski definition) is 2. The molecule has 0 atom stereocenters. The molecule has 0 aliphatic rings. The zero-order chi connectivity index (χ0) is 15.9. The van der Waals surface area contributed by atoms with E-state index in [1.54, 1.807) is 6.07 Å². The molecule has 0 aromatic heterocycles. The predicted molar refractivity (Wildman–Crippen MR) is 80.3 cm³/mol. The second-order valence-electron chi connectivity index (χ2n) is 5.17. The first-order chi connectivity index (χ1) is 9.93. The van der Waals surface area contributed by atoms with Crippen molar-refractivity contribution in [2.24, 2.45) is 5.41 Å². The topological polar surface area (TPSA) is 75.6 Å². The number of aliphatic carboxylic acids is 1. The van der Waals surface area contributed by atoms with E-state index in [0.717, 1.165) is 5.56 Å². The normalized spacial score (nSPS) is 11.0. The average molecular weight is 293 g/mol. The third-order valence-corrected chi connectivity index (χ3v) is 3.79. The van der Waals surface area contributed by atoms with Gasteiger partial charge < -0.3 is 15.2 Å². The van der Waals surface area contributed by atoms with Crippen molar-refractivity contribution in [1.82, 2.24) is 5.32 Å². The fourth-order valence-electron chi connectivity index (χ4n) is 2.05. The Morgan fingerprint density at radius 3 is 2.48 bits per heavy atom. The highest BCUT2D eigenvalue weighted by atomic mass is 16.5. The second kappa shape index (κ2) is 7.67. The highest BCUT2D eigenvalue weighted by Gasteiger charge is 2.35. The number of nitrogens with one attached hydrogen (secondary N) is 1. The van der Waals surface area contributed by atoms with Gasteiger partial charge >= 0.3 is 5.97 Å². The Kier molecular flexibility index (Phi) is 6.21. The molecule has 0 saturated heterocycles. The van der Waals surface area contributed by atoms with Gasteiger partial charge in [0.25, 0.3) is 5.91 Å². The molecule has 0 spiro atoms. The number of aryl methyl sites for hydroxylation is 1. The third-order valence-electron chi connectivity index (χ3n) is 3.79. The summed E-state index contributed by atoms with van der Waals surface area (Å²) in [7, 11) is 0. The highest BCUT2D eigenvalue weighted by Crippen LogP contribution is 2.25. The van der Waals surface area contributed by atoms with Crippen molar-refractivity contribution in [3.63, 3.8) is 0 Å². The molecule has 0 heterocycles. The SMILES string of the molecule is CCC(CC)(CNC(=O)COc1cccc(C)c1)C(=O)O. The van der Waals surface area contributed by atoms with E-state index < -0.39 is 11.4 Å². The van der Waals surface area contributed by atoms with Crippen molar-refractivity contribution < 1.29 is 19.4 Å². The van der Waals surface area contributed by atoms with E-state index in [9.17, 15) is 14.7 Å². The van der Waals surface area contributed by atoms with Crippen LogP contribution in [0.1, 0.15) is 32.3 Å². The van der Waals surface area contributed by atoms with Gasteiger partial charge in [0.05, 0.1) is 5.41 Å². The lowest BCUT2D eigenvalue weighted by molar-refractivity contribution is -0.149. The average Bonchev–Trinajstić information content (AvgIpc) is 2.46. The zero-order valence-corrected chi connectivity index (χ0v) is 12.8. The van der Waals surface area contributed by atoms with Crippen molar-refractivity contribution >= 4 is 11.9 Å². The Balaban J connectivity index is 2.49. The van der Waals surface area contributed by atoms with E-state index in [2.05, 4.69) is 5.32 Å². The maximum absolute atomic E-state index is 11.8. The summed E-state index contributed by atoms with van der Waals surface area (Å²) < 4.78 is 5.38. The van der Waals surface area contributed by atoms with E-state index in [-0.39, 0.29) is 19.1 Å². The molecule has 116 valence electrons. The van der Waals surface area contributed by atoms with E-state index in [1.165, 1.54) is 0 Å². The molecule has 0 radical (unpaired) electrons. The van der Waals surface area contributed by atoms with Gasteiger partial charge in [-0.1, -0.05) is 26.0 Å². The molecule has 2 N–H and O–H groups in total. The van der Waals surface area contributed by atoms with Gasteiger partial charge in [0, 0.05) is 6.54 Å². The molecule has 1 amide bonds. The minimum atomic E-state index is -0.904. The van der Waals surface area contributed by atoms with Gasteiger partial charge in [-0.2, -0.15) is 0 Å². The number of carboxylic acids is 1. The van der Waals surface area contributed by atoms with Gasteiger partial charge in [0.15, 0.2) is 6.61 Å². The minimum absolute atomic E-state index is 0.116. The number of rotatable bonds is 8. The van der Waals surface area contributed by atoms with Gasteiger partial charge in [-0.15, -0.1) is 0 Å². The highest BCUT2D eigenvalue weighted by molar-refractivity contribution is 5.80. The van der Waals surface area contributed by atoms with E-state index in [0.29, 0.717) is 18.6 Å². The lowest BCUT2D eigenvalue weighted by Crippen LogP contribution is -2.43. The van der Waals surface area contributed by atoms with Crippen molar-refractivity contribution in [2.45, 2.75) is 33.6 Å². The number of carbonyl (C=O) groups excluding carboxylic acids is 1. The zero-order valence-electron chi connectivity index (χ0n) is 12.8. The monoisotopic (exact) mass is 293 g/mol. The molecule has 1 rings (SSSR count). The predicted octanol–water partition coefficient (Wildman–Crippen LogP) is 2.38. The Hall–Kier alpha value is -2.04. The standard InChI is InChI=1S/C16H23NO4/c1-4-16(5-2,15(19)20)11-17-14(18)10-21-13-8-6-7-12(3)9-13/h6-9H,4-5,10-11H2,1-3H3,(H,17,18)(H,19,20). The lowest BCUT2D eigenvalue weighted by atomic mass is 9.82. The number of carbonyl (C=O) groups is 2. The van der Waals surface area contributed by atoms with Crippen LogP contribution in [0.5, 0.6) is 5.75 Å². The summed E-state index contributed by atoms with van der Waals surface area (Å²) >= 11 is 0. The van der Waals surface area contributed by atoms with Gasteiger partial charge in [0.2, 0.25) is 0 Å². The van der Waals surface area contributed by atoms with Crippen LogP contribution in [-0.2, 0) is 9.59 Å². The summed E-state index contributed by atoms with van der Waals surface area (Å²) in [4.78, 5) is 23.1. The van der Waals surface area contributed by atoms with E-state index in [1.807, 2.05) is 39.0 Å². The first kappa shape index (κ1) is 17.0. The summed E-state index contributed by atoms with van der Waals surface area (Å²) in [6.45, 7) is 5.56. The Labute approximate surface area is 125 Å². The molecule has 1 aromatic rings. The maximum Gasteiger partial charge on any atom is 0.311 e. The van der Waals surface area contributed by atoms with Gasteiger partial charge in [-0.3, -0.25) is 9.59 Å². The smallest absolute Gasteiger partial charge is 0.311 e. The molecule has 21 heavy (non-hydrogen) atoms. The van der Waals surface area contributed by atoms with Crippen LogP contribution in [0.2, 0.25) is 0 Å². The van der Waals surface area contributed by atoms with Gasteiger partial charge in [0.1, 0.15) is 5.75 Å². The molecule has 5 nitrogen and oxygen atoms in total. The van der Waals surface area contributed by atoms with Crippen molar-refractivity contribution in [1.29, 1.82) is 0 Å². The number of ether oxygens (including phenoxy) is 1. The van der Waals surface area contributed by atoms with Crippen LogP contribution in [0.15, 0.2) is 24.3 Å². The number of amides is 1. The summed E-state index contributed by atoms with van der Waals surface area (Å²) in [5, 5.41) is 11.9. The molecule has 0 saturated carbocycles. The first-order valence-electron chi connectivity index (χ1n) is 7.13. The van der Waals surface area contributed by atoms with Crippen LogP contribution in [0.4, 0.5) is 0 Å². The fraction of sp³-hybridized carbons (Fsp3) is 0.500. The quantitative estimate of drug-likeness (QED) is 0.771. The van der Waals surface area contributed by atoms with Crippen LogP contribution in [-0.4, -0.2) is 30.1 Å². The molecule has 0 aliphatic heterocycles. The van der Waals surface area contributed by atoms with Gasteiger partial charge in [-0.25, -0.2) is 0 Å². The Bertz CT molecular complexity index is 495. The Morgan fingerprint density at radius 1 is 1.29 bits per heavy atom. The molecule has 0 bridgehead atoms. The summed E-state index contributed by atoms with van der Waals surface area (Å²) in [5.41, 5.74) is 0.147. The molecule has 0 unspecified atom stereocenters. The third kappa shape index (κ3) is 4.77. The molecule has 0 fully saturated rings.